The van der Waals surface area contributed by atoms with Crippen molar-refractivity contribution in [1.82, 2.24) is 20.4 Å². The Balaban J connectivity index is 1.62. The van der Waals surface area contributed by atoms with Crippen LogP contribution >= 0.6 is 0 Å². The average Bonchev–Trinajstić information content (AvgIpc) is 3.25. The number of carbonyl (C=O) groups excluding carboxylic acids is 3. The number of imide groups is 1. The van der Waals surface area contributed by atoms with E-state index in [0.717, 1.165) is 12.1 Å². The summed E-state index contributed by atoms with van der Waals surface area (Å²) in [7, 11) is -2.04. The van der Waals surface area contributed by atoms with Crippen LogP contribution in [-0.2, 0) is 19.4 Å². The topological polar surface area (TPSA) is 116 Å². The number of sulfone groups is 1. The van der Waals surface area contributed by atoms with Crippen LogP contribution in [0.3, 0.4) is 0 Å². The third-order valence-electron chi connectivity index (χ3n) is 5.99. The van der Waals surface area contributed by atoms with E-state index in [2.05, 4.69) is 10.6 Å². The zero-order valence-electron chi connectivity index (χ0n) is 16.6. The number of urea groups is 1. The number of likely N-dealkylation sites (tertiary alicyclic amines) is 2. The summed E-state index contributed by atoms with van der Waals surface area (Å²) in [4.78, 5) is 38.8. The number of nitrogens with zero attached hydrogens (tertiary/aromatic N) is 2. The first-order valence-electron chi connectivity index (χ1n) is 9.70. The number of carbonyl (C=O) groups is 3. The summed E-state index contributed by atoms with van der Waals surface area (Å²) in [6.07, 6.45) is 1.31. The third kappa shape index (κ3) is 4.17. The monoisotopic (exact) mass is 440 g/mol. The van der Waals surface area contributed by atoms with Crippen LogP contribution in [0.25, 0.3) is 0 Å². The van der Waals surface area contributed by atoms with Crippen LogP contribution in [0.1, 0.15) is 19.3 Å². The lowest BCUT2D eigenvalue weighted by Crippen LogP contribution is -2.62. The molecule has 164 valence electrons. The maximum atomic E-state index is 13.1. The SMILES string of the molecule is CNC1(C(=O)NC=O)CCN(C(=O)N2CCC(S(=O)(=O)c3ccc(F)cc3)C2)CC1. The third-order valence-corrected chi connectivity index (χ3v) is 8.18. The molecule has 2 saturated heterocycles. The maximum Gasteiger partial charge on any atom is 0.320 e. The second kappa shape index (κ2) is 8.68. The van der Waals surface area contributed by atoms with E-state index in [1.165, 1.54) is 17.0 Å². The number of piperidine rings is 1. The molecule has 1 unspecified atom stereocenters. The van der Waals surface area contributed by atoms with Crippen LogP contribution in [0.2, 0.25) is 0 Å². The van der Waals surface area contributed by atoms with Gasteiger partial charge in [-0.2, -0.15) is 0 Å². The van der Waals surface area contributed by atoms with Gasteiger partial charge in [-0.25, -0.2) is 17.6 Å². The zero-order valence-corrected chi connectivity index (χ0v) is 17.5. The first-order valence-corrected chi connectivity index (χ1v) is 11.2. The molecular formula is C19H25FN4O5S. The highest BCUT2D eigenvalue weighted by atomic mass is 32.2. The van der Waals surface area contributed by atoms with E-state index in [-0.39, 0.29) is 17.5 Å². The van der Waals surface area contributed by atoms with E-state index in [1.807, 2.05) is 0 Å². The molecule has 9 nitrogen and oxygen atoms in total. The first kappa shape index (κ1) is 22.2. The van der Waals surface area contributed by atoms with Crippen molar-refractivity contribution in [2.75, 3.05) is 33.2 Å². The van der Waals surface area contributed by atoms with E-state index in [1.54, 1.807) is 11.9 Å². The molecular weight excluding hydrogens is 415 g/mol. The van der Waals surface area contributed by atoms with E-state index in [9.17, 15) is 27.2 Å². The van der Waals surface area contributed by atoms with Crippen molar-refractivity contribution in [1.29, 1.82) is 0 Å². The van der Waals surface area contributed by atoms with Crippen molar-refractivity contribution in [2.24, 2.45) is 0 Å². The van der Waals surface area contributed by atoms with Gasteiger partial charge in [-0.15, -0.1) is 0 Å². The van der Waals surface area contributed by atoms with Gasteiger partial charge in [0, 0.05) is 26.2 Å². The number of rotatable bonds is 5. The van der Waals surface area contributed by atoms with Crippen molar-refractivity contribution in [3.8, 4) is 0 Å². The minimum atomic E-state index is -3.67. The van der Waals surface area contributed by atoms with Crippen LogP contribution in [0.4, 0.5) is 9.18 Å². The summed E-state index contributed by atoms with van der Waals surface area (Å²) in [5, 5.41) is 4.37. The van der Waals surface area contributed by atoms with Gasteiger partial charge in [0.25, 0.3) is 0 Å². The fraction of sp³-hybridized carbons (Fsp3) is 0.526. The average molecular weight is 440 g/mol. The molecule has 0 bridgehead atoms. The molecule has 2 heterocycles. The van der Waals surface area contributed by atoms with E-state index in [0.29, 0.717) is 45.3 Å². The van der Waals surface area contributed by atoms with Crippen LogP contribution in [0, 0.1) is 5.82 Å². The summed E-state index contributed by atoms with van der Waals surface area (Å²) in [5.41, 5.74) is -0.919. The minimum absolute atomic E-state index is 0.0427. The highest BCUT2D eigenvalue weighted by Gasteiger charge is 2.43. The zero-order chi connectivity index (χ0) is 21.9. The van der Waals surface area contributed by atoms with Crippen molar-refractivity contribution in [3.05, 3.63) is 30.1 Å². The molecule has 0 radical (unpaired) electrons. The lowest BCUT2D eigenvalue weighted by molar-refractivity contribution is -0.132. The van der Waals surface area contributed by atoms with Crippen molar-refractivity contribution in [3.63, 3.8) is 0 Å². The van der Waals surface area contributed by atoms with Gasteiger partial charge in [0.05, 0.1) is 10.1 Å². The second-order valence-electron chi connectivity index (χ2n) is 7.55. The van der Waals surface area contributed by atoms with Crippen LogP contribution < -0.4 is 10.6 Å². The van der Waals surface area contributed by atoms with Crippen molar-refractivity contribution >= 4 is 28.2 Å². The molecule has 2 aliphatic rings. The van der Waals surface area contributed by atoms with Crippen LogP contribution in [0.15, 0.2) is 29.2 Å². The molecule has 1 atom stereocenters. The molecule has 4 amide bonds. The summed E-state index contributed by atoms with van der Waals surface area (Å²) >= 11 is 0. The quantitative estimate of drug-likeness (QED) is 0.496. The van der Waals surface area contributed by atoms with Crippen molar-refractivity contribution in [2.45, 2.75) is 34.9 Å². The Morgan fingerprint density at radius 2 is 1.77 bits per heavy atom. The Labute approximate surface area is 174 Å². The largest absolute Gasteiger partial charge is 0.324 e. The first-order chi connectivity index (χ1) is 14.2. The standard InChI is InChI=1S/C19H25FN4O5S/c1-21-19(17(26)22-13-25)7-10-23(11-8-19)18(27)24-9-6-16(12-24)30(28,29)15-4-2-14(20)3-5-15/h2-5,13,16,21H,6-12H2,1H3,(H,22,25,26). The predicted octanol–water partition coefficient (Wildman–Crippen LogP) is 0.120. The predicted molar refractivity (Wildman–Crippen MR) is 106 cm³/mol. The van der Waals surface area contributed by atoms with Gasteiger partial charge in [-0.05, 0) is 50.6 Å². The Hall–Kier alpha value is -2.53. The molecule has 0 aliphatic carbocycles. The number of hydrogen-bond acceptors (Lipinski definition) is 6. The van der Waals surface area contributed by atoms with E-state index >= 15 is 0 Å². The molecule has 0 spiro atoms. The molecule has 2 N–H and O–H groups in total. The Kier molecular flexibility index (Phi) is 6.41. The van der Waals surface area contributed by atoms with Gasteiger partial charge >= 0.3 is 6.03 Å². The van der Waals surface area contributed by atoms with Gasteiger partial charge in [-0.3, -0.25) is 14.9 Å². The van der Waals surface area contributed by atoms with Crippen molar-refractivity contribution < 1.29 is 27.2 Å². The highest BCUT2D eigenvalue weighted by Crippen LogP contribution is 2.27. The molecule has 2 fully saturated rings. The molecule has 0 saturated carbocycles. The molecule has 1 aromatic carbocycles. The number of amides is 4. The van der Waals surface area contributed by atoms with Gasteiger partial charge in [0.15, 0.2) is 9.84 Å². The lowest BCUT2D eigenvalue weighted by atomic mass is 9.86. The molecule has 2 aliphatic heterocycles. The smallest absolute Gasteiger partial charge is 0.320 e. The minimum Gasteiger partial charge on any atom is -0.324 e. The molecule has 11 heteroatoms. The highest BCUT2D eigenvalue weighted by molar-refractivity contribution is 7.92. The summed E-state index contributed by atoms with van der Waals surface area (Å²) < 4.78 is 38.7. The summed E-state index contributed by atoms with van der Waals surface area (Å²) in [5.74, 6) is -0.944. The van der Waals surface area contributed by atoms with Gasteiger partial charge in [0.2, 0.25) is 12.3 Å². The van der Waals surface area contributed by atoms with E-state index < -0.39 is 32.4 Å². The van der Waals surface area contributed by atoms with Gasteiger partial charge in [0.1, 0.15) is 11.4 Å². The molecule has 0 aromatic heterocycles. The number of nitrogens with one attached hydrogen (secondary N) is 2. The fourth-order valence-corrected chi connectivity index (χ4v) is 5.73. The molecule has 3 rings (SSSR count). The Bertz CT molecular complexity index is 913. The number of hydrogen-bond donors (Lipinski definition) is 2. The van der Waals surface area contributed by atoms with Crippen LogP contribution in [0.5, 0.6) is 0 Å². The van der Waals surface area contributed by atoms with Crippen LogP contribution in [-0.4, -0.2) is 80.6 Å². The number of benzene rings is 1. The van der Waals surface area contributed by atoms with E-state index in [4.69, 9.17) is 0 Å². The summed E-state index contributed by atoms with van der Waals surface area (Å²) in [6, 6.07) is 4.41. The van der Waals surface area contributed by atoms with Gasteiger partial charge < -0.3 is 15.1 Å². The lowest BCUT2D eigenvalue weighted by Gasteiger charge is -2.41. The maximum absolute atomic E-state index is 13.1. The Morgan fingerprint density at radius 3 is 2.33 bits per heavy atom. The van der Waals surface area contributed by atoms with Gasteiger partial charge in [-0.1, -0.05) is 0 Å². The number of halogens is 1. The molecule has 30 heavy (non-hydrogen) atoms. The number of likely N-dealkylation sites (N-methyl/N-ethyl adjacent to an activating group) is 1. The second-order valence-corrected chi connectivity index (χ2v) is 9.78. The molecule has 1 aromatic rings. The summed E-state index contributed by atoms with van der Waals surface area (Å²) in [6.45, 7) is 0.983. The fourth-order valence-electron chi connectivity index (χ4n) is 4.03. The Morgan fingerprint density at radius 1 is 1.13 bits per heavy atom. The normalized spacial score (nSPS) is 21.3.